The van der Waals surface area contributed by atoms with Crippen LogP contribution in [0.3, 0.4) is 0 Å². The lowest BCUT2D eigenvalue weighted by Crippen LogP contribution is -2.29. The third-order valence-electron chi connectivity index (χ3n) is 3.65. The van der Waals surface area contributed by atoms with Crippen molar-refractivity contribution in [3.63, 3.8) is 0 Å². The number of nitrogens with two attached hydrogens (primary N) is 1. The molecule has 2 rings (SSSR count). The average Bonchev–Trinajstić information content (AvgIpc) is 3.23. The van der Waals surface area contributed by atoms with E-state index < -0.39 is 11.7 Å². The molecule has 1 aromatic carbocycles. The SMILES string of the molecule is CCCCN(c1ccc(CN)cc1C(F)(F)F)C1CC1. The van der Waals surface area contributed by atoms with Crippen molar-refractivity contribution in [3.8, 4) is 0 Å². The van der Waals surface area contributed by atoms with Gasteiger partial charge in [0.05, 0.1) is 5.56 Å². The fraction of sp³-hybridized carbons (Fsp3) is 0.600. The predicted octanol–water partition coefficient (Wildman–Crippen LogP) is 3.93. The lowest BCUT2D eigenvalue weighted by Gasteiger charge is -2.28. The van der Waals surface area contributed by atoms with Gasteiger partial charge in [-0.2, -0.15) is 13.2 Å². The van der Waals surface area contributed by atoms with E-state index in [-0.39, 0.29) is 12.6 Å². The Morgan fingerprint density at radius 1 is 1.30 bits per heavy atom. The summed E-state index contributed by atoms with van der Waals surface area (Å²) in [4.78, 5) is 1.92. The first-order valence-corrected chi connectivity index (χ1v) is 7.14. The Labute approximate surface area is 117 Å². The molecule has 112 valence electrons. The van der Waals surface area contributed by atoms with Crippen LogP contribution in [0.5, 0.6) is 0 Å². The molecule has 20 heavy (non-hydrogen) atoms. The molecule has 0 aliphatic heterocycles. The summed E-state index contributed by atoms with van der Waals surface area (Å²) in [5, 5.41) is 0. The van der Waals surface area contributed by atoms with Gasteiger partial charge in [0.15, 0.2) is 0 Å². The van der Waals surface area contributed by atoms with Gasteiger partial charge in [0.1, 0.15) is 0 Å². The van der Waals surface area contributed by atoms with Gasteiger partial charge in [0.2, 0.25) is 0 Å². The second-order valence-electron chi connectivity index (χ2n) is 5.33. The normalized spacial score (nSPS) is 15.4. The molecule has 0 atom stereocenters. The van der Waals surface area contributed by atoms with Crippen molar-refractivity contribution in [2.45, 2.75) is 51.4 Å². The lowest BCUT2D eigenvalue weighted by atomic mass is 10.1. The number of hydrogen-bond acceptors (Lipinski definition) is 2. The van der Waals surface area contributed by atoms with E-state index in [2.05, 4.69) is 0 Å². The molecular weight excluding hydrogens is 265 g/mol. The zero-order valence-electron chi connectivity index (χ0n) is 11.7. The Morgan fingerprint density at radius 2 is 2.00 bits per heavy atom. The highest BCUT2D eigenvalue weighted by molar-refractivity contribution is 5.58. The van der Waals surface area contributed by atoms with Gasteiger partial charge in [0, 0.05) is 24.8 Å². The largest absolute Gasteiger partial charge is 0.418 e. The van der Waals surface area contributed by atoms with Crippen LogP contribution in [0.1, 0.15) is 43.7 Å². The van der Waals surface area contributed by atoms with E-state index in [9.17, 15) is 13.2 Å². The molecule has 0 aromatic heterocycles. The molecule has 0 spiro atoms. The van der Waals surface area contributed by atoms with Crippen molar-refractivity contribution in [1.82, 2.24) is 0 Å². The van der Waals surface area contributed by atoms with Gasteiger partial charge in [-0.3, -0.25) is 0 Å². The van der Waals surface area contributed by atoms with Crippen molar-refractivity contribution >= 4 is 5.69 Å². The maximum absolute atomic E-state index is 13.3. The number of hydrogen-bond donors (Lipinski definition) is 1. The lowest BCUT2D eigenvalue weighted by molar-refractivity contribution is -0.137. The van der Waals surface area contributed by atoms with Crippen LogP contribution in [0.2, 0.25) is 0 Å². The van der Waals surface area contributed by atoms with Gasteiger partial charge in [-0.25, -0.2) is 0 Å². The number of anilines is 1. The molecule has 0 bridgehead atoms. The van der Waals surface area contributed by atoms with Crippen LogP contribution in [0.15, 0.2) is 18.2 Å². The first-order valence-electron chi connectivity index (χ1n) is 7.14. The van der Waals surface area contributed by atoms with Gasteiger partial charge < -0.3 is 10.6 Å². The molecule has 2 nitrogen and oxygen atoms in total. The third kappa shape index (κ3) is 3.45. The fourth-order valence-corrected chi connectivity index (χ4v) is 2.40. The number of nitrogens with zero attached hydrogens (tertiary/aromatic N) is 1. The highest BCUT2D eigenvalue weighted by Gasteiger charge is 2.38. The van der Waals surface area contributed by atoms with E-state index in [4.69, 9.17) is 5.73 Å². The molecule has 0 saturated heterocycles. The van der Waals surface area contributed by atoms with Crippen LogP contribution < -0.4 is 10.6 Å². The molecule has 1 fully saturated rings. The van der Waals surface area contributed by atoms with Crippen LogP contribution in [-0.4, -0.2) is 12.6 Å². The fourth-order valence-electron chi connectivity index (χ4n) is 2.40. The van der Waals surface area contributed by atoms with E-state index in [1.807, 2.05) is 11.8 Å². The molecule has 1 aliphatic rings. The van der Waals surface area contributed by atoms with Crippen LogP contribution in [0, 0.1) is 0 Å². The van der Waals surface area contributed by atoms with Crippen LogP contribution in [-0.2, 0) is 12.7 Å². The Kier molecular flexibility index (Phi) is 4.58. The molecule has 1 saturated carbocycles. The van der Waals surface area contributed by atoms with Crippen molar-refractivity contribution in [2.75, 3.05) is 11.4 Å². The van der Waals surface area contributed by atoms with Gasteiger partial charge in [-0.15, -0.1) is 0 Å². The second kappa shape index (κ2) is 6.04. The summed E-state index contributed by atoms with van der Waals surface area (Å²) in [6.45, 7) is 2.86. The molecule has 5 heteroatoms. The van der Waals surface area contributed by atoms with Gasteiger partial charge in [-0.1, -0.05) is 19.4 Å². The maximum atomic E-state index is 13.3. The van der Waals surface area contributed by atoms with Crippen molar-refractivity contribution < 1.29 is 13.2 Å². The quantitative estimate of drug-likeness (QED) is 0.858. The Hall–Kier alpha value is -1.23. The Bertz CT molecular complexity index is 453. The van der Waals surface area contributed by atoms with E-state index in [1.165, 1.54) is 6.07 Å². The van der Waals surface area contributed by atoms with Crippen LogP contribution in [0.25, 0.3) is 0 Å². The van der Waals surface area contributed by atoms with Crippen LogP contribution in [0.4, 0.5) is 18.9 Å². The summed E-state index contributed by atoms with van der Waals surface area (Å²) in [6, 6.07) is 4.74. The first-order chi connectivity index (χ1) is 9.47. The van der Waals surface area contributed by atoms with Crippen molar-refractivity contribution in [3.05, 3.63) is 29.3 Å². The molecular formula is C15H21F3N2. The van der Waals surface area contributed by atoms with Gasteiger partial charge in [0.25, 0.3) is 0 Å². The molecule has 2 N–H and O–H groups in total. The van der Waals surface area contributed by atoms with E-state index in [0.717, 1.165) is 25.7 Å². The van der Waals surface area contributed by atoms with E-state index in [0.29, 0.717) is 17.8 Å². The minimum Gasteiger partial charge on any atom is -0.368 e. The summed E-state index contributed by atoms with van der Waals surface area (Å²) in [6.07, 6.45) is -0.475. The minimum atomic E-state index is -4.33. The summed E-state index contributed by atoms with van der Waals surface area (Å²) in [5.41, 5.74) is 5.74. The van der Waals surface area contributed by atoms with Crippen molar-refractivity contribution in [2.24, 2.45) is 5.73 Å². The summed E-state index contributed by atoms with van der Waals surface area (Å²) in [7, 11) is 0. The molecule has 1 aliphatic carbocycles. The predicted molar refractivity (Wildman–Crippen MR) is 74.6 cm³/mol. The number of halogens is 3. The van der Waals surface area contributed by atoms with Gasteiger partial charge >= 0.3 is 6.18 Å². The number of benzene rings is 1. The third-order valence-corrected chi connectivity index (χ3v) is 3.65. The monoisotopic (exact) mass is 286 g/mol. The number of rotatable bonds is 6. The maximum Gasteiger partial charge on any atom is 0.418 e. The van der Waals surface area contributed by atoms with E-state index >= 15 is 0 Å². The standard InChI is InChI=1S/C15H21F3N2/c1-2-3-8-20(12-5-6-12)14-7-4-11(10-19)9-13(14)15(16,17)18/h4,7,9,12H,2-3,5-6,8,10,19H2,1H3. The first kappa shape index (κ1) is 15.2. The summed E-state index contributed by atoms with van der Waals surface area (Å²) >= 11 is 0. The zero-order chi connectivity index (χ0) is 14.8. The zero-order valence-corrected chi connectivity index (χ0v) is 11.7. The molecule has 1 aromatic rings. The van der Waals surface area contributed by atoms with Gasteiger partial charge in [-0.05, 0) is 37.0 Å². The smallest absolute Gasteiger partial charge is 0.368 e. The number of unbranched alkanes of at least 4 members (excludes halogenated alkanes) is 1. The van der Waals surface area contributed by atoms with Crippen molar-refractivity contribution in [1.29, 1.82) is 0 Å². The highest BCUT2D eigenvalue weighted by Crippen LogP contribution is 2.41. The molecule has 0 radical (unpaired) electrons. The summed E-state index contributed by atoms with van der Waals surface area (Å²) in [5.74, 6) is 0. The average molecular weight is 286 g/mol. The Balaban J connectivity index is 2.37. The number of alkyl halides is 3. The second-order valence-corrected chi connectivity index (χ2v) is 5.33. The topological polar surface area (TPSA) is 29.3 Å². The summed E-state index contributed by atoms with van der Waals surface area (Å²) < 4.78 is 39.8. The Morgan fingerprint density at radius 3 is 2.50 bits per heavy atom. The minimum absolute atomic E-state index is 0.127. The van der Waals surface area contributed by atoms with E-state index in [1.54, 1.807) is 12.1 Å². The molecule has 0 unspecified atom stereocenters. The highest BCUT2D eigenvalue weighted by atomic mass is 19.4. The molecule has 0 heterocycles. The van der Waals surface area contributed by atoms with Crippen LogP contribution >= 0.6 is 0 Å². The molecule has 0 amide bonds.